The molecule has 2 heteroatoms. The summed E-state index contributed by atoms with van der Waals surface area (Å²) in [6.07, 6.45) is 1.92. The number of nitrogens with zero attached hydrogens (tertiary/aromatic N) is 2. The van der Waals surface area contributed by atoms with E-state index in [9.17, 15) is 0 Å². The second-order valence-corrected chi connectivity index (χ2v) is 14.0. The van der Waals surface area contributed by atoms with Crippen LogP contribution in [0, 0.1) is 0 Å². The molecule has 1 aliphatic carbocycles. The summed E-state index contributed by atoms with van der Waals surface area (Å²) in [5, 5.41) is 3.67. The lowest BCUT2D eigenvalue weighted by atomic mass is 9.82. The SMILES string of the molecule is CC1(C)c2ccccc2-c2cc(-c3ccc4c(c3)c3c(-c5cccc(-c6ccnc7ccccc67)c5)cccc3n4-c3ccccc3)ccc21. The van der Waals surface area contributed by atoms with Gasteiger partial charge in [-0.3, -0.25) is 4.98 Å². The number of benzene rings is 7. The molecule has 50 heavy (non-hydrogen) atoms. The lowest BCUT2D eigenvalue weighted by molar-refractivity contribution is 0.660. The highest BCUT2D eigenvalue weighted by molar-refractivity contribution is 6.17. The van der Waals surface area contributed by atoms with E-state index in [1.165, 1.54) is 77.4 Å². The number of fused-ring (bicyclic) bond motifs is 7. The number of pyridine rings is 1. The molecular formula is C48H34N2. The molecule has 0 fully saturated rings. The first-order chi connectivity index (χ1) is 24.6. The van der Waals surface area contributed by atoms with Crippen molar-refractivity contribution in [2.24, 2.45) is 0 Å². The van der Waals surface area contributed by atoms with Crippen LogP contribution in [0.2, 0.25) is 0 Å². The van der Waals surface area contributed by atoms with Crippen molar-refractivity contribution in [3.05, 3.63) is 181 Å². The number of para-hydroxylation sites is 2. The molecule has 2 aromatic heterocycles. The normalized spacial score (nSPS) is 13.2. The molecule has 7 aromatic carbocycles. The van der Waals surface area contributed by atoms with E-state index in [4.69, 9.17) is 0 Å². The van der Waals surface area contributed by atoms with Crippen LogP contribution in [-0.2, 0) is 5.41 Å². The highest BCUT2D eigenvalue weighted by Crippen LogP contribution is 2.50. The van der Waals surface area contributed by atoms with Crippen LogP contribution in [0.1, 0.15) is 25.0 Å². The highest BCUT2D eigenvalue weighted by atomic mass is 15.0. The van der Waals surface area contributed by atoms with Gasteiger partial charge in [0.2, 0.25) is 0 Å². The van der Waals surface area contributed by atoms with E-state index in [0.717, 1.165) is 16.6 Å². The van der Waals surface area contributed by atoms with E-state index in [0.29, 0.717) is 0 Å². The molecule has 9 aromatic rings. The van der Waals surface area contributed by atoms with Crippen molar-refractivity contribution in [1.82, 2.24) is 9.55 Å². The van der Waals surface area contributed by atoms with Gasteiger partial charge in [0, 0.05) is 33.5 Å². The zero-order chi connectivity index (χ0) is 33.4. The van der Waals surface area contributed by atoms with Gasteiger partial charge in [0.25, 0.3) is 0 Å². The van der Waals surface area contributed by atoms with Gasteiger partial charge in [-0.1, -0.05) is 123 Å². The van der Waals surface area contributed by atoms with Crippen LogP contribution in [0.25, 0.3) is 82.9 Å². The van der Waals surface area contributed by atoms with E-state index in [1.54, 1.807) is 0 Å². The fourth-order valence-electron chi connectivity index (χ4n) is 8.45. The maximum Gasteiger partial charge on any atom is 0.0708 e. The Balaban J connectivity index is 1.20. The first-order valence-corrected chi connectivity index (χ1v) is 17.4. The van der Waals surface area contributed by atoms with Gasteiger partial charge in [-0.15, -0.1) is 0 Å². The number of hydrogen-bond donors (Lipinski definition) is 0. The van der Waals surface area contributed by atoms with Crippen molar-refractivity contribution in [2.45, 2.75) is 19.3 Å². The van der Waals surface area contributed by atoms with Crippen LogP contribution < -0.4 is 0 Å². The van der Waals surface area contributed by atoms with Crippen molar-refractivity contribution in [3.63, 3.8) is 0 Å². The van der Waals surface area contributed by atoms with Crippen LogP contribution in [0.5, 0.6) is 0 Å². The summed E-state index contributed by atoms with van der Waals surface area (Å²) < 4.78 is 2.42. The van der Waals surface area contributed by atoms with Crippen LogP contribution in [0.15, 0.2) is 170 Å². The minimum atomic E-state index is -0.0104. The summed E-state index contributed by atoms with van der Waals surface area (Å²) >= 11 is 0. The van der Waals surface area contributed by atoms with Gasteiger partial charge in [0.1, 0.15) is 0 Å². The van der Waals surface area contributed by atoms with Crippen molar-refractivity contribution in [1.29, 1.82) is 0 Å². The summed E-state index contributed by atoms with van der Waals surface area (Å²) in [6.45, 7) is 4.69. The molecule has 0 unspecified atom stereocenters. The minimum absolute atomic E-state index is 0.0104. The van der Waals surface area contributed by atoms with Gasteiger partial charge >= 0.3 is 0 Å². The fourth-order valence-corrected chi connectivity index (χ4v) is 8.45. The summed E-state index contributed by atoms with van der Waals surface area (Å²) in [5.74, 6) is 0. The Kier molecular flexibility index (Phi) is 6.25. The van der Waals surface area contributed by atoms with E-state index < -0.39 is 0 Å². The first kappa shape index (κ1) is 28.7. The van der Waals surface area contributed by atoms with Gasteiger partial charge in [0.05, 0.1) is 16.6 Å². The molecule has 236 valence electrons. The Morgan fingerprint density at radius 2 is 1.14 bits per heavy atom. The van der Waals surface area contributed by atoms with E-state index in [-0.39, 0.29) is 5.41 Å². The van der Waals surface area contributed by atoms with Gasteiger partial charge < -0.3 is 4.57 Å². The number of hydrogen-bond acceptors (Lipinski definition) is 1. The molecule has 0 aliphatic heterocycles. The quantitative estimate of drug-likeness (QED) is 0.188. The summed E-state index contributed by atoms with van der Waals surface area (Å²) in [5.41, 5.74) is 17.3. The molecule has 2 heterocycles. The van der Waals surface area contributed by atoms with E-state index in [1.807, 2.05) is 6.20 Å². The number of rotatable bonds is 4. The maximum absolute atomic E-state index is 4.62. The average Bonchev–Trinajstić information content (AvgIpc) is 3.63. The van der Waals surface area contributed by atoms with Crippen molar-refractivity contribution in [2.75, 3.05) is 0 Å². The molecule has 1 aliphatic rings. The smallest absolute Gasteiger partial charge is 0.0708 e. The predicted molar refractivity (Wildman–Crippen MR) is 210 cm³/mol. The molecule has 2 nitrogen and oxygen atoms in total. The zero-order valence-electron chi connectivity index (χ0n) is 28.1. The molecular weight excluding hydrogens is 605 g/mol. The first-order valence-electron chi connectivity index (χ1n) is 17.4. The minimum Gasteiger partial charge on any atom is -0.309 e. The Labute approximate surface area is 291 Å². The largest absolute Gasteiger partial charge is 0.309 e. The predicted octanol–water partition coefficient (Wildman–Crippen LogP) is 12.6. The van der Waals surface area contributed by atoms with Gasteiger partial charge in [0.15, 0.2) is 0 Å². The third kappa shape index (κ3) is 4.25. The van der Waals surface area contributed by atoms with E-state index >= 15 is 0 Å². The highest BCUT2D eigenvalue weighted by Gasteiger charge is 2.35. The van der Waals surface area contributed by atoms with Crippen LogP contribution in [0.3, 0.4) is 0 Å². The van der Waals surface area contributed by atoms with Crippen molar-refractivity contribution in [3.8, 4) is 50.2 Å². The monoisotopic (exact) mass is 638 g/mol. The second kappa shape index (κ2) is 10.9. The lowest BCUT2D eigenvalue weighted by Gasteiger charge is -2.21. The number of aromatic nitrogens is 2. The fraction of sp³-hybridized carbons (Fsp3) is 0.0625. The average molecular weight is 639 g/mol. The maximum atomic E-state index is 4.62. The molecule has 0 saturated carbocycles. The Bertz CT molecular complexity index is 2780. The lowest BCUT2D eigenvalue weighted by Crippen LogP contribution is -2.14. The molecule has 0 atom stereocenters. The Hall–Kier alpha value is -6.25. The molecule has 10 rings (SSSR count). The summed E-state index contributed by atoms with van der Waals surface area (Å²) in [4.78, 5) is 4.62. The van der Waals surface area contributed by atoms with Gasteiger partial charge in [-0.2, -0.15) is 0 Å². The third-order valence-electron chi connectivity index (χ3n) is 10.9. The third-order valence-corrected chi connectivity index (χ3v) is 10.9. The van der Waals surface area contributed by atoms with Gasteiger partial charge in [-0.25, -0.2) is 0 Å². The molecule has 0 bridgehead atoms. The van der Waals surface area contributed by atoms with E-state index in [2.05, 4.69) is 187 Å². The molecule has 0 radical (unpaired) electrons. The molecule has 0 saturated heterocycles. The summed E-state index contributed by atoms with van der Waals surface area (Å²) in [7, 11) is 0. The van der Waals surface area contributed by atoms with Crippen LogP contribution >= 0.6 is 0 Å². The molecule has 0 N–H and O–H groups in total. The topological polar surface area (TPSA) is 17.8 Å². The molecule has 0 spiro atoms. The standard InChI is InChI=1S/C48H34N2/c1-48(2)42-19-8-6-16-38(42)40-29-31(22-24-43(40)48)32-23-25-45-41(30-32)47-37(18-11-21-46(47)50(45)35-14-4-3-5-15-35)34-13-10-12-33(28-34)36-26-27-49-44-20-9-7-17-39(36)44/h3-30H,1-2H3. The Morgan fingerprint density at radius 1 is 0.440 bits per heavy atom. The second-order valence-electron chi connectivity index (χ2n) is 14.0. The van der Waals surface area contributed by atoms with Gasteiger partial charge in [-0.05, 0) is 110 Å². The van der Waals surface area contributed by atoms with Crippen molar-refractivity contribution < 1.29 is 0 Å². The summed E-state index contributed by atoms with van der Waals surface area (Å²) in [6, 6.07) is 60.0. The zero-order valence-corrected chi connectivity index (χ0v) is 28.1. The van der Waals surface area contributed by atoms with Crippen LogP contribution in [-0.4, -0.2) is 9.55 Å². The van der Waals surface area contributed by atoms with Crippen LogP contribution in [0.4, 0.5) is 0 Å². The van der Waals surface area contributed by atoms with Crippen molar-refractivity contribution >= 4 is 32.7 Å². The Morgan fingerprint density at radius 3 is 2.04 bits per heavy atom. The molecule has 0 amide bonds.